The van der Waals surface area contributed by atoms with Gasteiger partial charge < -0.3 is 9.64 Å². The van der Waals surface area contributed by atoms with E-state index in [1.54, 1.807) is 7.11 Å². The quantitative estimate of drug-likeness (QED) is 0.651. The topological polar surface area (TPSA) is 41.6 Å². The Bertz CT molecular complexity index is 505. The molecule has 0 spiro atoms. The molecule has 1 amide bonds. The van der Waals surface area contributed by atoms with Gasteiger partial charge in [0.25, 0.3) is 0 Å². The second-order valence-corrected chi connectivity index (χ2v) is 4.45. The number of carbonyl (C=O) groups is 1. The number of rotatable bonds is 4. The molecule has 0 bridgehead atoms. The van der Waals surface area contributed by atoms with Crippen LogP contribution >= 0.6 is 0 Å². The number of methoxy groups -OCH3 is 1. The first-order chi connectivity index (χ1) is 9.26. The second-order valence-electron chi connectivity index (χ2n) is 4.45. The number of terminal acetylenes is 1. The molecule has 0 fully saturated rings. The standard InChI is InChI=1S/C15H18N2O2/c1-3-8-16-11-15(18)17-9-4-5-12-10-13(19-2)6-7-14(12)17/h1,6-7,10,16H,4-5,8-9,11H2,2H3. The summed E-state index contributed by atoms with van der Waals surface area (Å²) in [5.74, 6) is 3.35. The predicted molar refractivity (Wildman–Crippen MR) is 75.4 cm³/mol. The lowest BCUT2D eigenvalue weighted by atomic mass is 10.0. The van der Waals surface area contributed by atoms with E-state index in [9.17, 15) is 4.79 Å². The molecule has 0 radical (unpaired) electrons. The molecular weight excluding hydrogens is 240 g/mol. The fourth-order valence-electron chi connectivity index (χ4n) is 2.30. The molecule has 1 aromatic rings. The van der Waals surface area contributed by atoms with Gasteiger partial charge in [0.15, 0.2) is 0 Å². The minimum absolute atomic E-state index is 0.0568. The largest absolute Gasteiger partial charge is 0.497 e. The summed E-state index contributed by atoms with van der Waals surface area (Å²) in [4.78, 5) is 14.0. The van der Waals surface area contributed by atoms with E-state index in [-0.39, 0.29) is 12.5 Å². The van der Waals surface area contributed by atoms with Gasteiger partial charge in [-0.1, -0.05) is 5.92 Å². The summed E-state index contributed by atoms with van der Waals surface area (Å²) in [6, 6.07) is 5.84. The Morgan fingerprint density at radius 3 is 3.16 bits per heavy atom. The summed E-state index contributed by atoms with van der Waals surface area (Å²) >= 11 is 0. The predicted octanol–water partition coefficient (Wildman–Crippen LogP) is 1.20. The maximum absolute atomic E-state index is 12.2. The van der Waals surface area contributed by atoms with Gasteiger partial charge in [-0.05, 0) is 36.6 Å². The summed E-state index contributed by atoms with van der Waals surface area (Å²) in [7, 11) is 1.65. The molecule has 1 aromatic carbocycles. The Morgan fingerprint density at radius 2 is 2.42 bits per heavy atom. The Hall–Kier alpha value is -1.99. The Kier molecular flexibility index (Phi) is 4.43. The molecule has 19 heavy (non-hydrogen) atoms. The summed E-state index contributed by atoms with van der Waals surface area (Å²) in [6.07, 6.45) is 7.10. The lowest BCUT2D eigenvalue weighted by Crippen LogP contribution is -2.41. The van der Waals surface area contributed by atoms with Crippen LogP contribution in [0.1, 0.15) is 12.0 Å². The molecule has 1 N–H and O–H groups in total. The van der Waals surface area contributed by atoms with Gasteiger partial charge in [0, 0.05) is 12.2 Å². The zero-order valence-electron chi connectivity index (χ0n) is 11.1. The van der Waals surface area contributed by atoms with Crippen molar-refractivity contribution in [1.29, 1.82) is 0 Å². The number of hydrogen-bond donors (Lipinski definition) is 1. The van der Waals surface area contributed by atoms with E-state index in [0.717, 1.165) is 36.4 Å². The van der Waals surface area contributed by atoms with Gasteiger partial charge in [-0.3, -0.25) is 10.1 Å². The average molecular weight is 258 g/mol. The maximum atomic E-state index is 12.2. The monoisotopic (exact) mass is 258 g/mol. The van der Waals surface area contributed by atoms with Crippen molar-refractivity contribution in [3.63, 3.8) is 0 Å². The zero-order valence-corrected chi connectivity index (χ0v) is 11.1. The molecule has 0 unspecified atom stereocenters. The lowest BCUT2D eigenvalue weighted by Gasteiger charge is -2.29. The molecular formula is C15H18N2O2. The highest BCUT2D eigenvalue weighted by atomic mass is 16.5. The van der Waals surface area contributed by atoms with Crippen molar-refractivity contribution in [1.82, 2.24) is 5.32 Å². The minimum Gasteiger partial charge on any atom is -0.497 e. The van der Waals surface area contributed by atoms with E-state index in [2.05, 4.69) is 11.2 Å². The highest BCUT2D eigenvalue weighted by molar-refractivity contribution is 5.96. The van der Waals surface area contributed by atoms with Gasteiger partial charge in [0.05, 0.1) is 20.2 Å². The Labute approximate surface area is 113 Å². The number of anilines is 1. The van der Waals surface area contributed by atoms with Crippen LogP contribution in [0, 0.1) is 12.3 Å². The van der Waals surface area contributed by atoms with Crippen molar-refractivity contribution in [3.8, 4) is 18.1 Å². The molecule has 4 nitrogen and oxygen atoms in total. The number of nitrogens with zero attached hydrogens (tertiary/aromatic N) is 1. The molecule has 0 atom stereocenters. The molecule has 1 heterocycles. The first-order valence-electron chi connectivity index (χ1n) is 6.37. The first-order valence-corrected chi connectivity index (χ1v) is 6.37. The number of amides is 1. The number of ether oxygens (including phenoxy) is 1. The van der Waals surface area contributed by atoms with Crippen LogP contribution in [0.25, 0.3) is 0 Å². The number of aryl methyl sites for hydroxylation is 1. The molecule has 4 heteroatoms. The molecule has 0 aromatic heterocycles. The number of fused-ring (bicyclic) bond motifs is 1. The van der Waals surface area contributed by atoms with Crippen LogP contribution in [0.4, 0.5) is 5.69 Å². The minimum atomic E-state index is 0.0568. The fourth-order valence-corrected chi connectivity index (χ4v) is 2.30. The lowest BCUT2D eigenvalue weighted by molar-refractivity contribution is -0.117. The van der Waals surface area contributed by atoms with Crippen molar-refractivity contribution < 1.29 is 9.53 Å². The number of benzene rings is 1. The maximum Gasteiger partial charge on any atom is 0.240 e. The van der Waals surface area contributed by atoms with Crippen molar-refractivity contribution in [2.45, 2.75) is 12.8 Å². The number of hydrogen-bond acceptors (Lipinski definition) is 3. The van der Waals surface area contributed by atoms with E-state index in [1.807, 2.05) is 23.1 Å². The third-order valence-corrected chi connectivity index (χ3v) is 3.21. The molecule has 100 valence electrons. The molecule has 0 aliphatic carbocycles. The Balaban J connectivity index is 2.13. The van der Waals surface area contributed by atoms with E-state index in [4.69, 9.17) is 11.2 Å². The Morgan fingerprint density at radius 1 is 1.58 bits per heavy atom. The molecule has 2 rings (SSSR count). The van der Waals surface area contributed by atoms with Gasteiger partial charge in [-0.25, -0.2) is 0 Å². The van der Waals surface area contributed by atoms with E-state index >= 15 is 0 Å². The average Bonchev–Trinajstić information content (AvgIpc) is 2.46. The number of nitrogens with one attached hydrogen (secondary N) is 1. The van der Waals surface area contributed by atoms with Crippen LogP contribution < -0.4 is 15.0 Å². The smallest absolute Gasteiger partial charge is 0.240 e. The number of carbonyl (C=O) groups excluding carboxylic acids is 1. The van der Waals surface area contributed by atoms with Crippen LogP contribution in [0.2, 0.25) is 0 Å². The van der Waals surface area contributed by atoms with Crippen LogP contribution in [-0.4, -0.2) is 32.7 Å². The van der Waals surface area contributed by atoms with Gasteiger partial charge in [-0.2, -0.15) is 0 Å². The van der Waals surface area contributed by atoms with Gasteiger partial charge in [-0.15, -0.1) is 6.42 Å². The SMILES string of the molecule is C#CCNCC(=O)N1CCCc2cc(OC)ccc21. The van der Waals surface area contributed by atoms with Gasteiger partial charge >= 0.3 is 0 Å². The fraction of sp³-hybridized carbons (Fsp3) is 0.400. The highest BCUT2D eigenvalue weighted by Crippen LogP contribution is 2.30. The molecule has 1 aliphatic heterocycles. The van der Waals surface area contributed by atoms with E-state index in [0.29, 0.717) is 6.54 Å². The van der Waals surface area contributed by atoms with Crippen molar-refractivity contribution in [2.24, 2.45) is 0 Å². The van der Waals surface area contributed by atoms with Crippen LogP contribution in [0.3, 0.4) is 0 Å². The zero-order chi connectivity index (χ0) is 13.7. The van der Waals surface area contributed by atoms with Crippen LogP contribution in [0.15, 0.2) is 18.2 Å². The normalized spacial score (nSPS) is 13.6. The highest BCUT2D eigenvalue weighted by Gasteiger charge is 2.22. The molecule has 0 saturated carbocycles. The van der Waals surface area contributed by atoms with Gasteiger partial charge in [0.1, 0.15) is 5.75 Å². The second kappa shape index (κ2) is 6.26. The van der Waals surface area contributed by atoms with Crippen LogP contribution in [-0.2, 0) is 11.2 Å². The third-order valence-electron chi connectivity index (χ3n) is 3.21. The van der Waals surface area contributed by atoms with Gasteiger partial charge in [0.2, 0.25) is 5.91 Å². The third kappa shape index (κ3) is 3.07. The van der Waals surface area contributed by atoms with Crippen molar-refractivity contribution >= 4 is 11.6 Å². The summed E-state index contributed by atoms with van der Waals surface area (Å²) in [6.45, 7) is 1.45. The first kappa shape index (κ1) is 13.4. The van der Waals surface area contributed by atoms with E-state index in [1.165, 1.54) is 0 Å². The van der Waals surface area contributed by atoms with Crippen LogP contribution in [0.5, 0.6) is 5.75 Å². The summed E-state index contributed by atoms with van der Waals surface area (Å²) < 4.78 is 5.22. The van der Waals surface area contributed by atoms with Crippen molar-refractivity contribution in [2.75, 3.05) is 31.6 Å². The van der Waals surface area contributed by atoms with Crippen molar-refractivity contribution in [3.05, 3.63) is 23.8 Å². The molecule has 0 saturated heterocycles. The van der Waals surface area contributed by atoms with E-state index < -0.39 is 0 Å². The summed E-state index contributed by atoms with van der Waals surface area (Å²) in [5, 5.41) is 2.93. The summed E-state index contributed by atoms with van der Waals surface area (Å²) in [5.41, 5.74) is 2.15. The molecule has 1 aliphatic rings.